The molecule has 4 aromatic rings. The molecule has 0 aliphatic carbocycles. The summed E-state index contributed by atoms with van der Waals surface area (Å²) >= 11 is 0.502. The normalized spacial score (nSPS) is 18.0. The third-order valence-corrected chi connectivity index (χ3v) is 11.2. The van der Waals surface area contributed by atoms with E-state index in [9.17, 15) is 0 Å². The van der Waals surface area contributed by atoms with Crippen LogP contribution in [0.5, 0.6) is 17.2 Å². The fourth-order valence-electron chi connectivity index (χ4n) is 5.73. The molecule has 2 unspecified atom stereocenters. The van der Waals surface area contributed by atoms with Crippen LogP contribution in [0.1, 0.15) is 48.3 Å². The molecule has 196 valence electrons. The van der Waals surface area contributed by atoms with E-state index in [0.29, 0.717) is 15.0 Å². The first-order chi connectivity index (χ1) is 18.7. The zero-order valence-corrected chi connectivity index (χ0v) is 24.2. The van der Waals surface area contributed by atoms with E-state index in [-0.39, 0.29) is 10.2 Å². The molecule has 1 aliphatic rings. The molecule has 1 fully saturated rings. The van der Waals surface area contributed by atoms with Crippen molar-refractivity contribution < 1.29 is 14.2 Å². The van der Waals surface area contributed by atoms with Crippen LogP contribution in [0.15, 0.2) is 97.1 Å². The summed E-state index contributed by atoms with van der Waals surface area (Å²) in [6, 6.07) is 34.8. The number of methoxy groups -OCH3 is 3. The van der Waals surface area contributed by atoms with Crippen molar-refractivity contribution in [3.63, 3.8) is 0 Å². The Kier molecular flexibility index (Phi) is 8.41. The van der Waals surface area contributed by atoms with Crippen LogP contribution in [0, 0.1) is 0 Å². The van der Waals surface area contributed by atoms with Crippen LogP contribution in [0.25, 0.3) is 11.1 Å². The molecule has 1 aliphatic heterocycles. The molecule has 0 saturated carbocycles. The standard InChI is InChI=1S/C34H36O3Se/c1-35-29-22-31(36-2)33(32(23-29)37-3)30(27-18-16-26(17-19-27)25-12-6-4-7-13-25)24-34(20-10-11-21-38-34)28-14-8-5-9-15-28/h4-9,12-19,22-23,30H,10-11,20-21,24H2,1-3H3. The van der Waals surface area contributed by atoms with Gasteiger partial charge in [-0.05, 0) is 0 Å². The van der Waals surface area contributed by atoms with Gasteiger partial charge in [0.05, 0.1) is 0 Å². The average Bonchev–Trinajstić information content (AvgIpc) is 3.00. The van der Waals surface area contributed by atoms with E-state index < -0.39 is 0 Å². The van der Waals surface area contributed by atoms with Gasteiger partial charge < -0.3 is 0 Å². The number of rotatable bonds is 9. The molecule has 0 aromatic heterocycles. The Balaban J connectivity index is 1.65. The van der Waals surface area contributed by atoms with Crippen molar-refractivity contribution in [2.45, 2.75) is 41.2 Å². The van der Waals surface area contributed by atoms with Crippen LogP contribution in [0.4, 0.5) is 0 Å². The van der Waals surface area contributed by atoms with Crippen LogP contribution in [0.2, 0.25) is 5.32 Å². The topological polar surface area (TPSA) is 27.7 Å². The van der Waals surface area contributed by atoms with E-state index in [2.05, 4.69) is 84.9 Å². The molecule has 0 bridgehead atoms. The minimum absolute atomic E-state index is 0.107. The first-order valence-corrected chi connectivity index (χ1v) is 15.4. The SMILES string of the molecule is COc1cc(OC)c(C(CC2(c3ccccc3)CCCC[Se]2)c2ccc(-c3ccccc3)cc2)c(OC)c1. The number of benzene rings is 4. The Bertz CT molecular complexity index is 1290. The summed E-state index contributed by atoms with van der Waals surface area (Å²) in [5.74, 6) is 2.46. The summed E-state index contributed by atoms with van der Waals surface area (Å²) in [7, 11) is 5.16. The summed E-state index contributed by atoms with van der Waals surface area (Å²) < 4.78 is 17.7. The minimum atomic E-state index is 0.107. The average molecular weight is 572 g/mol. The summed E-state index contributed by atoms with van der Waals surface area (Å²) in [6.45, 7) is 0. The van der Waals surface area contributed by atoms with Crippen molar-refractivity contribution in [2.75, 3.05) is 21.3 Å². The zero-order chi connectivity index (χ0) is 26.4. The molecule has 1 saturated heterocycles. The Labute approximate surface area is 233 Å². The van der Waals surface area contributed by atoms with Gasteiger partial charge in [0, 0.05) is 0 Å². The number of hydrogen-bond donors (Lipinski definition) is 0. The van der Waals surface area contributed by atoms with Crippen molar-refractivity contribution in [3.8, 4) is 28.4 Å². The van der Waals surface area contributed by atoms with Gasteiger partial charge in [0.15, 0.2) is 0 Å². The van der Waals surface area contributed by atoms with Crippen molar-refractivity contribution in [3.05, 3.63) is 114 Å². The molecule has 0 spiro atoms. The molecule has 4 aromatic carbocycles. The fourth-order valence-corrected chi connectivity index (χ4v) is 9.12. The first kappa shape index (κ1) is 26.4. The van der Waals surface area contributed by atoms with Gasteiger partial charge in [-0.1, -0.05) is 0 Å². The van der Waals surface area contributed by atoms with Gasteiger partial charge in [0.25, 0.3) is 0 Å². The predicted molar refractivity (Wildman–Crippen MR) is 157 cm³/mol. The van der Waals surface area contributed by atoms with Gasteiger partial charge in [-0.3, -0.25) is 0 Å². The molecule has 5 rings (SSSR count). The maximum absolute atomic E-state index is 6.00. The maximum atomic E-state index is 6.00. The second-order valence-electron chi connectivity index (χ2n) is 9.86. The van der Waals surface area contributed by atoms with Gasteiger partial charge in [-0.25, -0.2) is 0 Å². The van der Waals surface area contributed by atoms with E-state index in [1.54, 1.807) is 21.3 Å². The third kappa shape index (κ3) is 5.48. The van der Waals surface area contributed by atoms with E-state index >= 15 is 0 Å². The molecular weight excluding hydrogens is 535 g/mol. The fraction of sp³-hybridized carbons (Fsp3) is 0.294. The van der Waals surface area contributed by atoms with E-state index in [4.69, 9.17) is 14.2 Å². The third-order valence-electron chi connectivity index (χ3n) is 7.71. The van der Waals surface area contributed by atoms with Gasteiger partial charge in [0.2, 0.25) is 0 Å². The van der Waals surface area contributed by atoms with Crippen LogP contribution in [-0.2, 0) is 4.31 Å². The van der Waals surface area contributed by atoms with Gasteiger partial charge >= 0.3 is 234 Å². The van der Waals surface area contributed by atoms with Crippen LogP contribution in [-0.4, -0.2) is 36.3 Å². The molecule has 38 heavy (non-hydrogen) atoms. The van der Waals surface area contributed by atoms with Gasteiger partial charge in [-0.2, -0.15) is 0 Å². The van der Waals surface area contributed by atoms with Crippen LogP contribution >= 0.6 is 0 Å². The van der Waals surface area contributed by atoms with Crippen molar-refractivity contribution in [1.82, 2.24) is 0 Å². The molecule has 1 heterocycles. The summed E-state index contributed by atoms with van der Waals surface area (Å²) in [5, 5.41) is 1.32. The molecule has 0 radical (unpaired) electrons. The molecule has 0 amide bonds. The summed E-state index contributed by atoms with van der Waals surface area (Å²) in [6.07, 6.45) is 4.84. The van der Waals surface area contributed by atoms with Crippen molar-refractivity contribution in [1.29, 1.82) is 0 Å². The van der Waals surface area contributed by atoms with Crippen LogP contribution < -0.4 is 14.2 Å². The second kappa shape index (κ2) is 12.1. The van der Waals surface area contributed by atoms with Crippen molar-refractivity contribution in [2.24, 2.45) is 0 Å². The van der Waals surface area contributed by atoms with Crippen LogP contribution in [0.3, 0.4) is 0 Å². The second-order valence-corrected chi connectivity index (χ2v) is 13.0. The molecule has 0 N–H and O–H groups in total. The zero-order valence-electron chi connectivity index (χ0n) is 22.5. The number of ether oxygens (including phenoxy) is 3. The Hall–Kier alpha value is -3.20. The molecular formula is C34H36O3Se. The Morgan fingerprint density at radius 1 is 0.711 bits per heavy atom. The summed E-state index contributed by atoms with van der Waals surface area (Å²) in [5.41, 5.74) is 6.30. The van der Waals surface area contributed by atoms with E-state index in [0.717, 1.165) is 29.2 Å². The monoisotopic (exact) mass is 572 g/mol. The number of hydrogen-bond acceptors (Lipinski definition) is 3. The van der Waals surface area contributed by atoms with Crippen molar-refractivity contribution >= 4 is 15.0 Å². The Morgan fingerprint density at radius 3 is 1.87 bits per heavy atom. The van der Waals surface area contributed by atoms with E-state index in [1.165, 1.54) is 46.8 Å². The molecule has 3 nitrogen and oxygen atoms in total. The molecule has 2 atom stereocenters. The summed E-state index contributed by atoms with van der Waals surface area (Å²) in [4.78, 5) is 0. The van der Waals surface area contributed by atoms with Gasteiger partial charge in [-0.15, -0.1) is 0 Å². The first-order valence-electron chi connectivity index (χ1n) is 13.3. The van der Waals surface area contributed by atoms with E-state index in [1.807, 2.05) is 12.1 Å². The Morgan fingerprint density at radius 2 is 1.32 bits per heavy atom. The van der Waals surface area contributed by atoms with Gasteiger partial charge in [0.1, 0.15) is 0 Å². The molecule has 4 heteroatoms. The quantitative estimate of drug-likeness (QED) is 0.190. The predicted octanol–water partition coefficient (Wildman–Crippen LogP) is 8.10.